The lowest BCUT2D eigenvalue weighted by atomic mass is 9.79. The fourth-order valence-corrected chi connectivity index (χ4v) is 3.36. The number of aliphatic hydroxyl groups is 1. The molecule has 96 valence electrons. The number of rotatable bonds is 5. The van der Waals surface area contributed by atoms with Gasteiger partial charge in [0.2, 0.25) is 0 Å². The quantitative estimate of drug-likeness (QED) is 0.879. The second-order valence-corrected chi connectivity index (χ2v) is 5.72. The Hall–Kier alpha value is -0.450. The van der Waals surface area contributed by atoms with E-state index in [0.717, 1.165) is 17.7 Å². The van der Waals surface area contributed by atoms with Crippen LogP contribution in [0.2, 0.25) is 0 Å². The smallest absolute Gasteiger partial charge is 0.0943 e. The van der Waals surface area contributed by atoms with Crippen LogP contribution in [0.5, 0.6) is 0 Å². The second kappa shape index (κ2) is 5.94. The maximum atomic E-state index is 10.5. The Morgan fingerprint density at radius 3 is 2.82 bits per heavy atom. The third-order valence-corrected chi connectivity index (χ3v) is 4.42. The number of hydrogen-bond acceptors (Lipinski definition) is 4. The van der Waals surface area contributed by atoms with Crippen molar-refractivity contribution in [2.24, 2.45) is 0 Å². The summed E-state index contributed by atoms with van der Waals surface area (Å²) < 4.78 is 5.92. The molecule has 1 atom stereocenters. The van der Waals surface area contributed by atoms with Crippen molar-refractivity contribution in [3.8, 4) is 0 Å². The van der Waals surface area contributed by atoms with Gasteiger partial charge in [0.1, 0.15) is 0 Å². The second-order valence-electron chi connectivity index (χ2n) is 4.75. The number of ether oxygens (including phenoxy) is 1. The summed E-state index contributed by atoms with van der Waals surface area (Å²) in [6, 6.07) is 0. The van der Waals surface area contributed by atoms with Crippen LogP contribution in [0.4, 0.5) is 0 Å². The van der Waals surface area contributed by atoms with E-state index in [9.17, 15) is 5.11 Å². The molecule has 1 fully saturated rings. The van der Waals surface area contributed by atoms with E-state index in [4.69, 9.17) is 4.74 Å². The van der Waals surface area contributed by atoms with Gasteiger partial charge in [-0.2, -0.15) is 0 Å². The number of nitrogens with zero attached hydrogens (tertiary/aromatic N) is 1. The van der Waals surface area contributed by atoms with Crippen molar-refractivity contribution in [2.45, 2.75) is 57.2 Å². The van der Waals surface area contributed by atoms with Gasteiger partial charge in [0, 0.05) is 24.1 Å². The molecule has 1 aliphatic rings. The predicted molar refractivity (Wildman–Crippen MR) is 69.3 cm³/mol. The van der Waals surface area contributed by atoms with Crippen LogP contribution in [0.3, 0.4) is 0 Å². The first-order chi connectivity index (χ1) is 8.27. The summed E-state index contributed by atoms with van der Waals surface area (Å²) in [4.78, 5) is 5.20. The minimum Gasteiger partial charge on any atom is -0.390 e. The first-order valence-electron chi connectivity index (χ1n) is 6.46. The monoisotopic (exact) mass is 255 g/mol. The Kier molecular flexibility index (Phi) is 4.54. The van der Waals surface area contributed by atoms with Crippen LogP contribution in [0.1, 0.15) is 43.9 Å². The largest absolute Gasteiger partial charge is 0.390 e. The highest BCUT2D eigenvalue weighted by Gasteiger charge is 2.39. The average molecular weight is 255 g/mol. The Balaban J connectivity index is 2.03. The molecule has 1 heterocycles. The SMILES string of the molecule is CCOC1(C(O)Cc2cncs2)CCCCC1. The molecule has 0 spiro atoms. The van der Waals surface area contributed by atoms with Gasteiger partial charge in [0.15, 0.2) is 0 Å². The Labute approximate surface area is 107 Å². The van der Waals surface area contributed by atoms with Crippen LogP contribution in [-0.4, -0.2) is 28.4 Å². The molecule has 0 aliphatic heterocycles. The van der Waals surface area contributed by atoms with Gasteiger partial charge in [-0.3, -0.25) is 4.98 Å². The third-order valence-electron chi connectivity index (χ3n) is 3.62. The molecule has 0 amide bonds. The highest BCUT2D eigenvalue weighted by atomic mass is 32.1. The normalized spacial score (nSPS) is 21.3. The molecule has 0 saturated heterocycles. The molecular weight excluding hydrogens is 234 g/mol. The number of aromatic nitrogens is 1. The maximum Gasteiger partial charge on any atom is 0.0943 e. The highest BCUT2D eigenvalue weighted by molar-refractivity contribution is 7.09. The molecule has 0 aromatic carbocycles. The minimum atomic E-state index is -0.400. The summed E-state index contributed by atoms with van der Waals surface area (Å²) in [6.07, 6.45) is 7.69. The van der Waals surface area contributed by atoms with Crippen molar-refractivity contribution in [1.29, 1.82) is 0 Å². The summed E-state index contributed by atoms with van der Waals surface area (Å²) in [6.45, 7) is 2.69. The lowest BCUT2D eigenvalue weighted by Crippen LogP contribution is -2.47. The van der Waals surface area contributed by atoms with Gasteiger partial charge in [-0.25, -0.2) is 0 Å². The summed E-state index contributed by atoms with van der Waals surface area (Å²) in [5.74, 6) is 0. The Morgan fingerprint density at radius 1 is 1.47 bits per heavy atom. The van der Waals surface area contributed by atoms with E-state index in [1.807, 2.05) is 18.6 Å². The first-order valence-corrected chi connectivity index (χ1v) is 7.34. The number of thiazole rings is 1. The van der Waals surface area contributed by atoms with E-state index in [1.165, 1.54) is 19.3 Å². The van der Waals surface area contributed by atoms with Crippen LogP contribution < -0.4 is 0 Å². The van der Waals surface area contributed by atoms with Crippen molar-refractivity contribution in [3.05, 3.63) is 16.6 Å². The van der Waals surface area contributed by atoms with Crippen LogP contribution in [0.25, 0.3) is 0 Å². The highest BCUT2D eigenvalue weighted by Crippen LogP contribution is 2.36. The molecule has 0 radical (unpaired) electrons. The summed E-state index contributed by atoms with van der Waals surface area (Å²) in [7, 11) is 0. The molecule has 1 saturated carbocycles. The van der Waals surface area contributed by atoms with Crippen LogP contribution in [-0.2, 0) is 11.2 Å². The van der Waals surface area contributed by atoms with Gasteiger partial charge in [0.05, 0.1) is 17.2 Å². The van der Waals surface area contributed by atoms with E-state index in [-0.39, 0.29) is 5.60 Å². The van der Waals surface area contributed by atoms with E-state index >= 15 is 0 Å². The minimum absolute atomic E-state index is 0.309. The van der Waals surface area contributed by atoms with E-state index in [0.29, 0.717) is 13.0 Å². The van der Waals surface area contributed by atoms with Crippen molar-refractivity contribution < 1.29 is 9.84 Å². The van der Waals surface area contributed by atoms with Crippen molar-refractivity contribution in [3.63, 3.8) is 0 Å². The van der Waals surface area contributed by atoms with E-state index < -0.39 is 6.10 Å². The molecule has 1 N–H and O–H groups in total. The predicted octanol–water partition coefficient (Wildman–Crippen LogP) is 2.79. The molecule has 17 heavy (non-hydrogen) atoms. The maximum absolute atomic E-state index is 10.5. The number of aliphatic hydroxyl groups excluding tert-OH is 1. The zero-order valence-corrected chi connectivity index (χ0v) is 11.2. The van der Waals surface area contributed by atoms with Gasteiger partial charge in [-0.15, -0.1) is 11.3 Å². The van der Waals surface area contributed by atoms with Crippen LogP contribution in [0.15, 0.2) is 11.7 Å². The summed E-state index contributed by atoms with van der Waals surface area (Å²) >= 11 is 1.61. The zero-order chi connectivity index (χ0) is 12.1. The topological polar surface area (TPSA) is 42.4 Å². The average Bonchev–Trinajstić information content (AvgIpc) is 2.83. The fraction of sp³-hybridized carbons (Fsp3) is 0.769. The molecule has 0 bridgehead atoms. The van der Waals surface area contributed by atoms with E-state index in [2.05, 4.69) is 4.98 Å². The summed E-state index contributed by atoms with van der Waals surface area (Å²) in [5.41, 5.74) is 1.51. The standard InChI is InChI=1S/C13H21NO2S/c1-2-16-13(6-4-3-5-7-13)12(15)8-11-9-14-10-17-11/h9-10,12,15H,2-8H2,1H3. The fourth-order valence-electron chi connectivity index (χ4n) is 2.73. The van der Waals surface area contributed by atoms with Crippen molar-refractivity contribution in [2.75, 3.05) is 6.61 Å². The van der Waals surface area contributed by atoms with Crippen LogP contribution in [0, 0.1) is 0 Å². The lowest BCUT2D eigenvalue weighted by Gasteiger charge is -2.40. The van der Waals surface area contributed by atoms with Crippen molar-refractivity contribution in [1.82, 2.24) is 4.98 Å². The molecule has 3 nitrogen and oxygen atoms in total. The van der Waals surface area contributed by atoms with Crippen LogP contribution >= 0.6 is 11.3 Å². The van der Waals surface area contributed by atoms with Gasteiger partial charge in [0.25, 0.3) is 0 Å². The van der Waals surface area contributed by atoms with Gasteiger partial charge in [-0.05, 0) is 19.8 Å². The molecule has 1 unspecified atom stereocenters. The van der Waals surface area contributed by atoms with E-state index in [1.54, 1.807) is 11.3 Å². The van der Waals surface area contributed by atoms with Crippen molar-refractivity contribution >= 4 is 11.3 Å². The summed E-state index contributed by atoms with van der Waals surface area (Å²) in [5, 5.41) is 10.5. The Bertz CT molecular complexity index is 315. The van der Waals surface area contributed by atoms with Gasteiger partial charge < -0.3 is 9.84 Å². The molecule has 2 rings (SSSR count). The molecule has 1 aromatic heterocycles. The molecule has 4 heteroatoms. The third kappa shape index (κ3) is 3.06. The lowest BCUT2D eigenvalue weighted by molar-refractivity contribution is -0.138. The van der Waals surface area contributed by atoms with Gasteiger partial charge in [-0.1, -0.05) is 19.3 Å². The molecule has 1 aromatic rings. The number of hydrogen-bond donors (Lipinski definition) is 1. The molecular formula is C13H21NO2S. The van der Waals surface area contributed by atoms with Gasteiger partial charge >= 0.3 is 0 Å². The zero-order valence-electron chi connectivity index (χ0n) is 10.4. The Morgan fingerprint density at radius 2 is 2.24 bits per heavy atom. The first kappa shape index (κ1) is 13.0. The molecule has 1 aliphatic carbocycles.